The molecule has 1 aromatic rings. The van der Waals surface area contributed by atoms with Crippen molar-refractivity contribution >= 4 is 5.91 Å². The van der Waals surface area contributed by atoms with Crippen LogP contribution in [0.25, 0.3) is 0 Å². The summed E-state index contributed by atoms with van der Waals surface area (Å²) in [5.74, 6) is 1.27. The summed E-state index contributed by atoms with van der Waals surface area (Å²) in [7, 11) is 2.11. The van der Waals surface area contributed by atoms with Gasteiger partial charge >= 0.3 is 0 Å². The van der Waals surface area contributed by atoms with E-state index in [1.165, 1.54) is 24.8 Å². The number of fused-ring (bicyclic) bond motifs is 1. The number of benzene rings is 1. The fourth-order valence-corrected chi connectivity index (χ4v) is 9.41. The maximum atomic E-state index is 14.0. The molecule has 1 aliphatic heterocycles. The summed E-state index contributed by atoms with van der Waals surface area (Å²) in [6, 6.07) is 11.6. The Kier molecular flexibility index (Phi) is 3.06. The Balaban J connectivity index is 1.40. The highest BCUT2D eigenvalue weighted by Gasteiger charge is 2.93. The largest absolute Gasteiger partial charge is 0.342 e. The van der Waals surface area contributed by atoms with Crippen LogP contribution in [0.1, 0.15) is 57.4 Å². The number of amides is 1. The molecule has 5 aliphatic rings. The van der Waals surface area contributed by atoms with E-state index < -0.39 is 0 Å². The molecule has 27 heavy (non-hydrogen) atoms. The fourth-order valence-electron chi connectivity index (χ4n) is 9.41. The molecule has 5 unspecified atom stereocenters. The molecule has 1 saturated heterocycles. The Morgan fingerprint density at radius 3 is 2.52 bits per heavy atom. The van der Waals surface area contributed by atoms with Crippen molar-refractivity contribution in [3.05, 3.63) is 35.9 Å². The summed E-state index contributed by atoms with van der Waals surface area (Å²) >= 11 is 0. The number of nitrogens with zero attached hydrogens (tertiary/aromatic N) is 1. The zero-order valence-electron chi connectivity index (χ0n) is 16.8. The Bertz CT molecular complexity index is 802. The van der Waals surface area contributed by atoms with Gasteiger partial charge in [0.15, 0.2) is 0 Å². The summed E-state index contributed by atoms with van der Waals surface area (Å²) in [6.07, 6.45) is 8.42. The van der Waals surface area contributed by atoms with Crippen molar-refractivity contribution in [1.82, 2.24) is 10.2 Å². The maximum absolute atomic E-state index is 14.0. The van der Waals surface area contributed by atoms with Crippen molar-refractivity contribution in [2.24, 2.45) is 22.2 Å². The van der Waals surface area contributed by atoms with Crippen LogP contribution >= 0.6 is 0 Å². The number of hydrogen-bond donors (Lipinski definition) is 1. The molecule has 5 atom stereocenters. The van der Waals surface area contributed by atoms with Gasteiger partial charge in [0.05, 0.1) is 5.41 Å². The summed E-state index contributed by atoms with van der Waals surface area (Å²) in [5, 5.41) is 3.45. The first kappa shape index (κ1) is 16.6. The highest BCUT2D eigenvalue weighted by Crippen LogP contribution is 2.95. The number of nitrogens with one attached hydrogen (secondary N) is 1. The number of carbonyl (C=O) groups is 1. The van der Waals surface area contributed by atoms with Gasteiger partial charge in [0, 0.05) is 23.9 Å². The van der Waals surface area contributed by atoms with E-state index in [0.29, 0.717) is 17.4 Å². The zero-order chi connectivity index (χ0) is 18.5. The average Bonchev–Trinajstić information content (AvgIpc) is 3.14. The van der Waals surface area contributed by atoms with Gasteiger partial charge in [0.25, 0.3) is 0 Å². The lowest BCUT2D eigenvalue weighted by Crippen LogP contribution is -2.83. The summed E-state index contributed by atoms with van der Waals surface area (Å²) in [4.78, 5) is 16.2. The second-order valence-electron chi connectivity index (χ2n) is 10.7. The Morgan fingerprint density at radius 2 is 1.81 bits per heavy atom. The molecule has 3 heteroatoms. The lowest BCUT2D eigenvalue weighted by Gasteiger charge is -2.83. The molecule has 0 aromatic heterocycles. The standard InChI is InChI=1S/C24H32N2O/c1-21-12-17-13-22(20(27)26(2)19-8-10-25-11-9-19)16-23(15-21,24(21,22)14-17)18-6-4-3-5-7-18/h3-7,17,19,25H,8-16H2,1-2H3. The second-order valence-corrected chi connectivity index (χ2v) is 10.7. The zero-order valence-corrected chi connectivity index (χ0v) is 16.8. The van der Waals surface area contributed by atoms with Crippen LogP contribution in [0.5, 0.6) is 0 Å². The van der Waals surface area contributed by atoms with Crippen LogP contribution in [0.15, 0.2) is 30.3 Å². The van der Waals surface area contributed by atoms with Gasteiger partial charge in [-0.1, -0.05) is 37.3 Å². The van der Waals surface area contributed by atoms with Crippen LogP contribution in [0.2, 0.25) is 0 Å². The van der Waals surface area contributed by atoms with Crippen molar-refractivity contribution < 1.29 is 4.79 Å². The molecule has 1 amide bonds. The minimum Gasteiger partial charge on any atom is -0.342 e. The number of piperidine rings is 1. The van der Waals surface area contributed by atoms with Gasteiger partial charge in [-0.05, 0) is 74.9 Å². The molecule has 6 rings (SSSR count). The SMILES string of the molecule is CN(C(=O)C12CC3CC4(C)CC(c5ccccc5)(C1)C42C3)C1CCNCC1. The van der Waals surface area contributed by atoms with Gasteiger partial charge in [0.2, 0.25) is 5.91 Å². The van der Waals surface area contributed by atoms with Crippen molar-refractivity contribution in [2.45, 2.75) is 63.3 Å². The van der Waals surface area contributed by atoms with E-state index in [2.05, 4.69) is 54.5 Å². The van der Waals surface area contributed by atoms with Crippen LogP contribution < -0.4 is 5.32 Å². The summed E-state index contributed by atoms with van der Waals surface area (Å²) in [5.41, 5.74) is 2.33. The topological polar surface area (TPSA) is 32.3 Å². The van der Waals surface area contributed by atoms with Crippen LogP contribution in [-0.2, 0) is 10.2 Å². The average molecular weight is 365 g/mol. The third kappa shape index (κ3) is 1.61. The van der Waals surface area contributed by atoms with Crippen LogP contribution in [0.3, 0.4) is 0 Å². The van der Waals surface area contributed by atoms with Gasteiger partial charge < -0.3 is 10.2 Å². The van der Waals surface area contributed by atoms with E-state index in [4.69, 9.17) is 0 Å². The number of hydrogen-bond acceptors (Lipinski definition) is 2. The van der Waals surface area contributed by atoms with Crippen molar-refractivity contribution in [3.8, 4) is 0 Å². The minimum atomic E-state index is -0.0710. The number of rotatable bonds is 3. The van der Waals surface area contributed by atoms with E-state index in [-0.39, 0.29) is 16.2 Å². The van der Waals surface area contributed by atoms with Crippen LogP contribution in [-0.4, -0.2) is 37.0 Å². The molecular formula is C24H32N2O. The third-order valence-electron chi connectivity index (χ3n) is 9.84. The van der Waals surface area contributed by atoms with Crippen molar-refractivity contribution in [1.29, 1.82) is 0 Å². The first-order valence-electron chi connectivity index (χ1n) is 11.0. The summed E-state index contributed by atoms with van der Waals surface area (Å²) in [6.45, 7) is 4.61. The molecule has 1 N–H and O–H groups in total. The van der Waals surface area contributed by atoms with E-state index in [1.54, 1.807) is 0 Å². The van der Waals surface area contributed by atoms with Gasteiger partial charge in [-0.3, -0.25) is 4.79 Å². The van der Waals surface area contributed by atoms with Gasteiger partial charge in [-0.2, -0.15) is 0 Å². The highest BCUT2D eigenvalue weighted by molar-refractivity contribution is 5.88. The molecule has 0 radical (unpaired) electrons. The molecule has 3 nitrogen and oxygen atoms in total. The molecular weight excluding hydrogens is 332 g/mol. The quantitative estimate of drug-likeness (QED) is 0.886. The third-order valence-corrected chi connectivity index (χ3v) is 9.84. The minimum absolute atomic E-state index is 0.0710. The monoisotopic (exact) mass is 364 g/mol. The van der Waals surface area contributed by atoms with Gasteiger partial charge in [-0.15, -0.1) is 0 Å². The Hall–Kier alpha value is -1.35. The van der Waals surface area contributed by atoms with E-state index in [9.17, 15) is 4.79 Å². The first-order chi connectivity index (χ1) is 13.0. The first-order valence-corrected chi connectivity index (χ1v) is 11.0. The summed E-state index contributed by atoms with van der Waals surface area (Å²) < 4.78 is 0. The van der Waals surface area contributed by atoms with Crippen molar-refractivity contribution in [3.63, 3.8) is 0 Å². The van der Waals surface area contributed by atoms with Gasteiger partial charge in [-0.25, -0.2) is 0 Å². The van der Waals surface area contributed by atoms with Gasteiger partial charge in [0.1, 0.15) is 0 Å². The molecule has 1 spiro atoms. The predicted octanol–water partition coefficient (Wildman–Crippen LogP) is 3.74. The van der Waals surface area contributed by atoms with Crippen LogP contribution in [0, 0.1) is 22.2 Å². The molecule has 1 heterocycles. The second kappa shape index (κ2) is 4.97. The molecule has 144 valence electrons. The van der Waals surface area contributed by atoms with E-state index in [1.807, 2.05) is 0 Å². The Morgan fingerprint density at radius 1 is 1.07 bits per heavy atom. The lowest BCUT2D eigenvalue weighted by atomic mass is 9.19. The molecule has 4 saturated carbocycles. The fraction of sp³-hybridized carbons (Fsp3) is 0.708. The van der Waals surface area contributed by atoms with Crippen LogP contribution in [0.4, 0.5) is 0 Å². The van der Waals surface area contributed by atoms with Crippen molar-refractivity contribution in [2.75, 3.05) is 20.1 Å². The molecule has 1 aromatic carbocycles. The maximum Gasteiger partial charge on any atom is 0.229 e. The lowest BCUT2D eigenvalue weighted by molar-refractivity contribution is -0.306. The molecule has 4 aliphatic carbocycles. The highest BCUT2D eigenvalue weighted by atomic mass is 16.2. The smallest absolute Gasteiger partial charge is 0.229 e. The number of carbonyl (C=O) groups excluding carboxylic acids is 1. The van der Waals surface area contributed by atoms with E-state index in [0.717, 1.165) is 44.7 Å². The molecule has 5 fully saturated rings. The normalized spacial score (nSPS) is 47.1. The Labute approximate surface area is 162 Å². The van der Waals surface area contributed by atoms with E-state index >= 15 is 0 Å². The molecule has 2 bridgehead atoms. The predicted molar refractivity (Wildman–Crippen MR) is 106 cm³/mol.